The lowest BCUT2D eigenvalue weighted by Gasteiger charge is -2.28. The van der Waals surface area contributed by atoms with Crippen LogP contribution in [-0.2, 0) is 0 Å². The van der Waals surface area contributed by atoms with Gasteiger partial charge in [-0.05, 0) is 43.2 Å². The molecule has 0 saturated heterocycles. The van der Waals surface area contributed by atoms with Gasteiger partial charge in [-0.1, -0.05) is 19.8 Å². The van der Waals surface area contributed by atoms with Crippen LogP contribution in [0.1, 0.15) is 45.4 Å². The second kappa shape index (κ2) is 6.89. The van der Waals surface area contributed by atoms with Gasteiger partial charge in [0.15, 0.2) is 0 Å². The molecule has 0 bridgehead atoms. The molecule has 0 aliphatic heterocycles. The molecule has 19 heavy (non-hydrogen) atoms. The fraction of sp³-hybridized carbons (Fsp3) is 0.769. The Labute approximate surface area is 119 Å². The predicted molar refractivity (Wildman–Crippen MR) is 78.7 cm³/mol. The van der Waals surface area contributed by atoms with E-state index in [9.17, 15) is 0 Å². The molecule has 1 heterocycles. The van der Waals surface area contributed by atoms with Crippen LogP contribution in [0.3, 0.4) is 0 Å². The maximum absolute atomic E-state index is 5.87. The summed E-state index contributed by atoms with van der Waals surface area (Å²) in [5.74, 6) is 1.98. The van der Waals surface area contributed by atoms with Gasteiger partial charge in [-0.15, -0.1) is 0 Å². The molecule has 1 aromatic rings. The number of aromatic nitrogens is 3. The number of hydrogen-bond acceptors (Lipinski definition) is 5. The van der Waals surface area contributed by atoms with Crippen LogP contribution in [0.2, 0.25) is 5.28 Å². The van der Waals surface area contributed by atoms with Crippen molar-refractivity contribution >= 4 is 23.5 Å². The third kappa shape index (κ3) is 4.20. The fourth-order valence-electron chi connectivity index (χ4n) is 2.71. The average Bonchev–Trinajstić information content (AvgIpc) is 2.40. The lowest BCUT2D eigenvalue weighted by molar-refractivity contribution is 0.318. The van der Waals surface area contributed by atoms with E-state index in [-0.39, 0.29) is 5.28 Å². The normalized spacial score (nSPS) is 23.1. The number of rotatable bonds is 5. The first kappa shape index (κ1) is 14.3. The topological polar surface area (TPSA) is 62.7 Å². The first-order valence-electron chi connectivity index (χ1n) is 7.07. The van der Waals surface area contributed by atoms with E-state index in [4.69, 9.17) is 11.6 Å². The summed E-state index contributed by atoms with van der Waals surface area (Å²) in [5, 5.41) is 6.48. The number of halogens is 1. The molecule has 1 aliphatic carbocycles. The highest BCUT2D eigenvalue weighted by Gasteiger charge is 2.21. The van der Waals surface area contributed by atoms with Crippen molar-refractivity contribution in [1.82, 2.24) is 15.0 Å². The monoisotopic (exact) mass is 283 g/mol. The van der Waals surface area contributed by atoms with Crippen LogP contribution >= 0.6 is 11.6 Å². The van der Waals surface area contributed by atoms with Crippen molar-refractivity contribution in [3.8, 4) is 0 Å². The summed E-state index contributed by atoms with van der Waals surface area (Å²) in [7, 11) is 1.77. The van der Waals surface area contributed by atoms with Crippen LogP contribution in [0.25, 0.3) is 0 Å². The van der Waals surface area contributed by atoms with E-state index in [1.807, 2.05) is 0 Å². The standard InChI is InChI=1S/C13H22ClN5/c1-3-4-9-5-7-10(8-6-9)16-13-18-11(14)17-12(15-2)19-13/h9-10H,3-8H2,1-2H3,(H2,15,16,17,18,19). The highest BCUT2D eigenvalue weighted by atomic mass is 35.5. The highest BCUT2D eigenvalue weighted by molar-refractivity contribution is 6.28. The summed E-state index contributed by atoms with van der Waals surface area (Å²) in [5.41, 5.74) is 0. The molecule has 1 aromatic heterocycles. The van der Waals surface area contributed by atoms with Crippen molar-refractivity contribution in [2.24, 2.45) is 5.92 Å². The average molecular weight is 284 g/mol. The number of nitrogens with one attached hydrogen (secondary N) is 2. The second-order valence-electron chi connectivity index (χ2n) is 5.15. The van der Waals surface area contributed by atoms with Crippen molar-refractivity contribution in [2.45, 2.75) is 51.5 Å². The number of nitrogens with zero attached hydrogens (tertiary/aromatic N) is 3. The van der Waals surface area contributed by atoms with Crippen molar-refractivity contribution in [1.29, 1.82) is 0 Å². The molecule has 2 rings (SSSR count). The van der Waals surface area contributed by atoms with Crippen LogP contribution in [0.15, 0.2) is 0 Å². The van der Waals surface area contributed by atoms with Crippen molar-refractivity contribution in [3.05, 3.63) is 5.28 Å². The SMILES string of the molecule is CCCC1CCC(Nc2nc(Cl)nc(NC)n2)CC1. The van der Waals surface area contributed by atoms with E-state index in [0.29, 0.717) is 17.9 Å². The van der Waals surface area contributed by atoms with E-state index < -0.39 is 0 Å². The highest BCUT2D eigenvalue weighted by Crippen LogP contribution is 2.29. The molecule has 1 saturated carbocycles. The minimum atomic E-state index is 0.224. The zero-order chi connectivity index (χ0) is 13.7. The Morgan fingerprint density at radius 2 is 1.79 bits per heavy atom. The Hall–Kier alpha value is -1.10. The fourth-order valence-corrected chi connectivity index (χ4v) is 2.87. The Balaban J connectivity index is 1.90. The molecule has 0 amide bonds. The van der Waals surface area contributed by atoms with E-state index in [1.54, 1.807) is 7.05 Å². The second-order valence-corrected chi connectivity index (χ2v) is 5.49. The third-order valence-electron chi connectivity index (χ3n) is 3.71. The van der Waals surface area contributed by atoms with Gasteiger partial charge in [0.1, 0.15) is 0 Å². The van der Waals surface area contributed by atoms with Crippen molar-refractivity contribution < 1.29 is 0 Å². The molecule has 0 spiro atoms. The molecular formula is C13H22ClN5. The molecule has 6 heteroatoms. The summed E-state index contributed by atoms with van der Waals surface area (Å²) < 4.78 is 0. The molecule has 5 nitrogen and oxygen atoms in total. The van der Waals surface area contributed by atoms with Gasteiger partial charge in [0.2, 0.25) is 17.2 Å². The third-order valence-corrected chi connectivity index (χ3v) is 3.88. The smallest absolute Gasteiger partial charge is 0.229 e. The molecule has 0 radical (unpaired) electrons. The lowest BCUT2D eigenvalue weighted by atomic mass is 9.83. The molecular weight excluding hydrogens is 262 g/mol. The first-order valence-corrected chi connectivity index (χ1v) is 7.45. The molecule has 1 aliphatic rings. The Morgan fingerprint density at radius 1 is 1.11 bits per heavy atom. The summed E-state index contributed by atoms with van der Waals surface area (Å²) in [6.45, 7) is 2.26. The zero-order valence-electron chi connectivity index (χ0n) is 11.6. The van der Waals surface area contributed by atoms with Crippen LogP contribution in [0.4, 0.5) is 11.9 Å². The van der Waals surface area contributed by atoms with E-state index in [0.717, 1.165) is 5.92 Å². The molecule has 0 atom stereocenters. The summed E-state index contributed by atoms with van der Waals surface area (Å²) >= 11 is 5.87. The molecule has 1 fully saturated rings. The van der Waals surface area contributed by atoms with Gasteiger partial charge < -0.3 is 10.6 Å². The van der Waals surface area contributed by atoms with Gasteiger partial charge in [0.05, 0.1) is 0 Å². The minimum absolute atomic E-state index is 0.224. The van der Waals surface area contributed by atoms with E-state index in [2.05, 4.69) is 32.5 Å². The van der Waals surface area contributed by atoms with Gasteiger partial charge in [-0.25, -0.2) is 0 Å². The van der Waals surface area contributed by atoms with Gasteiger partial charge in [0.25, 0.3) is 0 Å². The quantitative estimate of drug-likeness (QED) is 0.868. The zero-order valence-corrected chi connectivity index (χ0v) is 12.4. The molecule has 2 N–H and O–H groups in total. The van der Waals surface area contributed by atoms with E-state index in [1.165, 1.54) is 38.5 Å². The lowest BCUT2D eigenvalue weighted by Crippen LogP contribution is -2.27. The minimum Gasteiger partial charge on any atom is -0.357 e. The molecule has 0 unspecified atom stereocenters. The van der Waals surface area contributed by atoms with Gasteiger partial charge >= 0.3 is 0 Å². The van der Waals surface area contributed by atoms with Gasteiger partial charge in [0, 0.05) is 13.1 Å². The summed E-state index contributed by atoms with van der Waals surface area (Å²) in [6.07, 6.45) is 7.60. The van der Waals surface area contributed by atoms with Gasteiger partial charge in [-0.3, -0.25) is 0 Å². The molecule has 106 valence electrons. The van der Waals surface area contributed by atoms with Crippen LogP contribution in [-0.4, -0.2) is 28.0 Å². The van der Waals surface area contributed by atoms with Crippen LogP contribution in [0.5, 0.6) is 0 Å². The molecule has 0 aromatic carbocycles. The van der Waals surface area contributed by atoms with Crippen LogP contribution in [0, 0.1) is 5.92 Å². The number of hydrogen-bond donors (Lipinski definition) is 2. The summed E-state index contributed by atoms with van der Waals surface area (Å²) in [6, 6.07) is 0.455. The predicted octanol–water partition coefficient (Wildman–Crippen LogP) is 3.34. The maximum atomic E-state index is 5.87. The van der Waals surface area contributed by atoms with Crippen molar-refractivity contribution in [3.63, 3.8) is 0 Å². The van der Waals surface area contributed by atoms with Crippen molar-refractivity contribution in [2.75, 3.05) is 17.7 Å². The van der Waals surface area contributed by atoms with Crippen LogP contribution < -0.4 is 10.6 Å². The Morgan fingerprint density at radius 3 is 2.42 bits per heavy atom. The summed E-state index contributed by atoms with van der Waals surface area (Å²) in [4.78, 5) is 12.4. The first-order chi connectivity index (χ1) is 9.21. The Bertz CT molecular complexity index is 404. The maximum Gasteiger partial charge on any atom is 0.229 e. The largest absolute Gasteiger partial charge is 0.357 e. The van der Waals surface area contributed by atoms with Gasteiger partial charge in [-0.2, -0.15) is 15.0 Å². The number of anilines is 2. The van der Waals surface area contributed by atoms with E-state index >= 15 is 0 Å². The Kier molecular flexibility index (Phi) is 5.19.